The van der Waals surface area contributed by atoms with E-state index >= 15 is 0 Å². The van der Waals surface area contributed by atoms with Gasteiger partial charge in [-0.1, -0.05) is 17.7 Å². The van der Waals surface area contributed by atoms with Gasteiger partial charge >= 0.3 is 0 Å². The van der Waals surface area contributed by atoms with Crippen molar-refractivity contribution in [3.63, 3.8) is 0 Å². The Morgan fingerprint density at radius 2 is 2.09 bits per heavy atom. The van der Waals surface area contributed by atoms with E-state index in [0.29, 0.717) is 13.0 Å². The maximum Gasteiger partial charge on any atom is 0.255 e. The van der Waals surface area contributed by atoms with Crippen LogP contribution in [0.25, 0.3) is 10.4 Å². The molecule has 3 aromatic rings. The molecule has 0 saturated carbocycles. The van der Waals surface area contributed by atoms with Crippen LogP contribution in [0.5, 0.6) is 0 Å². The highest BCUT2D eigenvalue weighted by molar-refractivity contribution is 7.16. The molecule has 6 heteroatoms. The molecule has 1 aromatic carbocycles. The van der Waals surface area contributed by atoms with Gasteiger partial charge in [0.05, 0.1) is 10.6 Å². The lowest BCUT2D eigenvalue weighted by Crippen LogP contribution is -2.26. The summed E-state index contributed by atoms with van der Waals surface area (Å²) in [4.78, 5) is 14.4. The Balaban J connectivity index is 1.58. The van der Waals surface area contributed by atoms with Crippen LogP contribution in [0.4, 0.5) is 4.39 Å². The zero-order valence-corrected chi connectivity index (χ0v) is 14.4. The second-order valence-corrected chi connectivity index (χ2v) is 7.24. The number of halogens is 2. The molecular weight excluding hydrogens is 353 g/mol. The highest BCUT2D eigenvalue weighted by Crippen LogP contribution is 2.29. The van der Waals surface area contributed by atoms with E-state index in [1.807, 2.05) is 5.38 Å². The Hall–Kier alpha value is -1.69. The van der Waals surface area contributed by atoms with Crippen LogP contribution in [0.15, 0.2) is 47.2 Å². The van der Waals surface area contributed by atoms with Crippen LogP contribution < -0.4 is 5.32 Å². The lowest BCUT2D eigenvalue weighted by Gasteiger charge is -2.07. The predicted octanol–water partition coefficient (Wildman–Crippen LogP) is 5.24. The van der Waals surface area contributed by atoms with E-state index in [1.165, 1.54) is 33.5 Å². The van der Waals surface area contributed by atoms with E-state index in [0.717, 1.165) is 0 Å². The van der Waals surface area contributed by atoms with Gasteiger partial charge < -0.3 is 5.32 Å². The molecular formula is C17H13ClFNOS2. The molecule has 2 nitrogen and oxygen atoms in total. The molecule has 0 spiro atoms. The molecule has 3 rings (SSSR count). The molecule has 0 radical (unpaired) electrons. The van der Waals surface area contributed by atoms with Crippen molar-refractivity contribution in [3.8, 4) is 10.4 Å². The smallest absolute Gasteiger partial charge is 0.255 e. The maximum absolute atomic E-state index is 13.7. The van der Waals surface area contributed by atoms with Crippen LogP contribution in [-0.2, 0) is 6.42 Å². The van der Waals surface area contributed by atoms with E-state index in [-0.39, 0.29) is 10.6 Å². The summed E-state index contributed by atoms with van der Waals surface area (Å²) in [6, 6.07) is 10.4. The predicted molar refractivity (Wildman–Crippen MR) is 95.1 cm³/mol. The highest BCUT2D eigenvalue weighted by atomic mass is 35.5. The van der Waals surface area contributed by atoms with Gasteiger partial charge in [-0.3, -0.25) is 4.79 Å². The van der Waals surface area contributed by atoms with Gasteiger partial charge in [-0.2, -0.15) is 11.3 Å². The third kappa shape index (κ3) is 3.80. The molecule has 0 fully saturated rings. The van der Waals surface area contributed by atoms with Crippen molar-refractivity contribution in [1.29, 1.82) is 0 Å². The number of carbonyl (C=O) groups is 1. The molecule has 0 saturated heterocycles. The lowest BCUT2D eigenvalue weighted by atomic mass is 10.2. The molecule has 0 aliphatic rings. The Bertz CT molecular complexity index is 794. The molecule has 0 atom stereocenters. The van der Waals surface area contributed by atoms with Crippen molar-refractivity contribution in [2.24, 2.45) is 0 Å². The molecule has 1 amide bonds. The van der Waals surface area contributed by atoms with Gasteiger partial charge in [-0.25, -0.2) is 4.39 Å². The zero-order valence-electron chi connectivity index (χ0n) is 12.0. The van der Waals surface area contributed by atoms with Crippen molar-refractivity contribution < 1.29 is 9.18 Å². The zero-order chi connectivity index (χ0) is 16.2. The number of rotatable bonds is 5. The molecule has 0 unspecified atom stereocenters. The Morgan fingerprint density at radius 1 is 1.22 bits per heavy atom. The monoisotopic (exact) mass is 365 g/mol. The fraction of sp³-hybridized carbons (Fsp3) is 0.118. The first-order chi connectivity index (χ1) is 11.1. The number of hydrogen-bond donors (Lipinski definition) is 1. The van der Waals surface area contributed by atoms with Gasteiger partial charge in [0, 0.05) is 21.9 Å². The summed E-state index contributed by atoms with van der Waals surface area (Å²) >= 11 is 9.25. The normalized spacial score (nSPS) is 10.7. The first-order valence-electron chi connectivity index (χ1n) is 6.98. The fourth-order valence-electron chi connectivity index (χ4n) is 2.17. The number of benzene rings is 1. The van der Waals surface area contributed by atoms with Crippen molar-refractivity contribution in [2.75, 3.05) is 6.54 Å². The number of hydrogen-bond acceptors (Lipinski definition) is 3. The molecule has 0 aliphatic heterocycles. The maximum atomic E-state index is 13.7. The second-order valence-electron chi connectivity index (χ2n) is 4.88. The number of thiophene rings is 2. The minimum Gasteiger partial charge on any atom is -0.352 e. The summed E-state index contributed by atoms with van der Waals surface area (Å²) in [5.74, 6) is -1.09. The van der Waals surface area contributed by atoms with Crippen molar-refractivity contribution >= 4 is 40.2 Å². The molecule has 2 aromatic heterocycles. The molecule has 0 aliphatic carbocycles. The van der Waals surface area contributed by atoms with Crippen LogP contribution in [0.1, 0.15) is 15.2 Å². The molecule has 118 valence electrons. The SMILES string of the molecule is O=C(NCCc1ccc(-c2ccsc2)s1)c1c(F)cccc1Cl. The van der Waals surface area contributed by atoms with Crippen LogP contribution in [0, 0.1) is 5.82 Å². The van der Waals surface area contributed by atoms with Crippen LogP contribution in [0.2, 0.25) is 5.02 Å². The quantitative estimate of drug-likeness (QED) is 0.658. The van der Waals surface area contributed by atoms with Gasteiger partial charge in [-0.05, 0) is 47.5 Å². The van der Waals surface area contributed by atoms with E-state index in [1.54, 1.807) is 22.7 Å². The van der Waals surface area contributed by atoms with E-state index in [2.05, 4.69) is 28.9 Å². The van der Waals surface area contributed by atoms with Crippen LogP contribution in [0.3, 0.4) is 0 Å². The van der Waals surface area contributed by atoms with Crippen molar-refractivity contribution in [2.45, 2.75) is 6.42 Å². The first-order valence-corrected chi connectivity index (χ1v) is 9.12. The summed E-state index contributed by atoms with van der Waals surface area (Å²) in [5, 5.41) is 7.00. The van der Waals surface area contributed by atoms with Gasteiger partial charge in [0.1, 0.15) is 5.82 Å². The van der Waals surface area contributed by atoms with Crippen LogP contribution in [-0.4, -0.2) is 12.5 Å². The molecule has 0 bridgehead atoms. The Kier molecular flexibility index (Phi) is 5.10. The highest BCUT2D eigenvalue weighted by Gasteiger charge is 2.15. The standard InChI is InChI=1S/C17H13ClFNOS2/c18-13-2-1-3-14(19)16(13)17(21)20-8-6-12-4-5-15(23-12)11-7-9-22-10-11/h1-5,7,9-10H,6,8H2,(H,20,21). The van der Waals surface area contributed by atoms with Gasteiger partial charge in [0.25, 0.3) is 5.91 Å². The third-order valence-corrected chi connectivity index (χ3v) is 5.51. The van der Waals surface area contributed by atoms with Gasteiger partial charge in [-0.15, -0.1) is 11.3 Å². The fourth-order valence-corrected chi connectivity index (χ4v) is 4.16. The Labute approximate surface area is 146 Å². The summed E-state index contributed by atoms with van der Waals surface area (Å²) in [5.41, 5.74) is 1.12. The summed E-state index contributed by atoms with van der Waals surface area (Å²) in [6.07, 6.45) is 0.701. The molecule has 2 heterocycles. The van der Waals surface area contributed by atoms with Crippen molar-refractivity contribution in [1.82, 2.24) is 5.32 Å². The number of amides is 1. The first kappa shape index (κ1) is 16.2. The third-order valence-electron chi connectivity index (χ3n) is 3.31. The van der Waals surface area contributed by atoms with Gasteiger partial charge in [0.2, 0.25) is 0 Å². The average molecular weight is 366 g/mol. The summed E-state index contributed by atoms with van der Waals surface area (Å²) in [7, 11) is 0. The lowest BCUT2D eigenvalue weighted by molar-refractivity contribution is 0.0950. The number of nitrogens with one attached hydrogen (secondary N) is 1. The summed E-state index contributed by atoms with van der Waals surface area (Å²) in [6.45, 7) is 0.438. The topological polar surface area (TPSA) is 29.1 Å². The van der Waals surface area contributed by atoms with E-state index < -0.39 is 11.7 Å². The summed E-state index contributed by atoms with van der Waals surface area (Å²) < 4.78 is 13.7. The molecule has 1 N–H and O–H groups in total. The van der Waals surface area contributed by atoms with E-state index in [4.69, 9.17) is 11.6 Å². The second kappa shape index (κ2) is 7.25. The molecule has 23 heavy (non-hydrogen) atoms. The largest absolute Gasteiger partial charge is 0.352 e. The van der Waals surface area contributed by atoms with E-state index in [9.17, 15) is 9.18 Å². The minimum absolute atomic E-state index is 0.0979. The Morgan fingerprint density at radius 3 is 2.83 bits per heavy atom. The van der Waals surface area contributed by atoms with Crippen molar-refractivity contribution in [3.05, 3.63) is 68.4 Å². The average Bonchev–Trinajstić information content (AvgIpc) is 3.18. The van der Waals surface area contributed by atoms with Crippen LogP contribution >= 0.6 is 34.3 Å². The minimum atomic E-state index is -0.606. The number of carbonyl (C=O) groups excluding carboxylic acids is 1. The van der Waals surface area contributed by atoms with Gasteiger partial charge in [0.15, 0.2) is 0 Å².